The maximum atomic E-state index is 13.3. The van der Waals surface area contributed by atoms with Gasteiger partial charge in [-0.2, -0.15) is 21.0 Å². The molecule has 3 fully saturated rings. The van der Waals surface area contributed by atoms with E-state index in [4.69, 9.17) is 0 Å². The van der Waals surface area contributed by atoms with Crippen LogP contribution in [-0.2, 0) is 9.59 Å². The molecule has 31 heavy (non-hydrogen) atoms. The molecule has 6 nitrogen and oxygen atoms in total. The van der Waals surface area contributed by atoms with Gasteiger partial charge in [0.2, 0.25) is 0 Å². The lowest BCUT2D eigenvalue weighted by atomic mass is 9.68. The van der Waals surface area contributed by atoms with Gasteiger partial charge < -0.3 is 0 Å². The molecular weight excluding hydrogens is 388 g/mol. The van der Waals surface area contributed by atoms with E-state index in [1.54, 1.807) is 12.2 Å². The lowest BCUT2D eigenvalue weighted by Crippen LogP contribution is -2.32. The van der Waals surface area contributed by atoms with Gasteiger partial charge in [-0.3, -0.25) is 9.59 Å². The van der Waals surface area contributed by atoms with E-state index in [1.807, 2.05) is 45.0 Å². The van der Waals surface area contributed by atoms with Gasteiger partial charge in [-0.05, 0) is 48.2 Å². The molecule has 3 aliphatic carbocycles. The molecular formula is C25H22N4O2. The molecule has 0 bridgehead atoms. The second kappa shape index (κ2) is 8.55. The number of carbonyl (C=O) groups excluding carboxylic acids is 2. The van der Waals surface area contributed by atoms with E-state index in [9.17, 15) is 30.6 Å². The summed E-state index contributed by atoms with van der Waals surface area (Å²) in [4.78, 5) is 26.6. The van der Waals surface area contributed by atoms with E-state index in [2.05, 4.69) is 0 Å². The molecule has 3 rings (SSSR count). The van der Waals surface area contributed by atoms with Crippen molar-refractivity contribution in [1.29, 1.82) is 21.0 Å². The molecule has 0 saturated heterocycles. The molecule has 3 aliphatic rings. The summed E-state index contributed by atoms with van der Waals surface area (Å²) >= 11 is 0. The molecule has 0 amide bonds. The summed E-state index contributed by atoms with van der Waals surface area (Å²) in [6.45, 7) is 5.73. The molecule has 3 saturated carbocycles. The Morgan fingerprint density at radius 1 is 0.839 bits per heavy atom. The maximum absolute atomic E-state index is 13.3. The molecule has 0 aromatic rings. The Kier molecular flexibility index (Phi) is 6.06. The van der Waals surface area contributed by atoms with Crippen molar-refractivity contribution in [2.45, 2.75) is 40.0 Å². The van der Waals surface area contributed by atoms with Crippen LogP contribution < -0.4 is 0 Å². The quantitative estimate of drug-likeness (QED) is 0.499. The number of ketones is 2. The van der Waals surface area contributed by atoms with Gasteiger partial charge >= 0.3 is 0 Å². The monoisotopic (exact) mass is 410 g/mol. The van der Waals surface area contributed by atoms with Crippen molar-refractivity contribution in [2.75, 3.05) is 0 Å². The van der Waals surface area contributed by atoms with Crippen LogP contribution in [0.25, 0.3) is 0 Å². The van der Waals surface area contributed by atoms with Crippen LogP contribution >= 0.6 is 0 Å². The summed E-state index contributed by atoms with van der Waals surface area (Å²) in [5.41, 5.74) is 1.58. The first-order valence-corrected chi connectivity index (χ1v) is 10.4. The van der Waals surface area contributed by atoms with Crippen molar-refractivity contribution >= 4 is 11.6 Å². The molecule has 0 aliphatic heterocycles. The van der Waals surface area contributed by atoms with E-state index in [1.165, 1.54) is 0 Å². The molecule has 0 N–H and O–H groups in total. The number of fused-ring (bicyclic) bond motifs is 2. The summed E-state index contributed by atoms with van der Waals surface area (Å²) in [6.07, 6.45) is 4.77. The lowest BCUT2D eigenvalue weighted by molar-refractivity contribution is -0.124. The second-order valence-electron chi connectivity index (χ2n) is 8.50. The molecule has 0 aromatic heterocycles. The number of Topliss-reactive ketones (excluding diaryl/α,β-unsaturated/α-hetero) is 2. The van der Waals surface area contributed by atoms with Crippen molar-refractivity contribution < 1.29 is 9.59 Å². The maximum Gasteiger partial charge on any atom is 0.166 e. The Labute approximate surface area is 182 Å². The zero-order valence-electron chi connectivity index (χ0n) is 17.8. The first kappa shape index (κ1) is 22.0. The number of nitrogens with zero attached hydrogens (tertiary/aromatic N) is 4. The molecule has 0 heterocycles. The van der Waals surface area contributed by atoms with Crippen molar-refractivity contribution in [2.24, 2.45) is 29.6 Å². The Balaban J connectivity index is 2.20. The molecule has 154 valence electrons. The van der Waals surface area contributed by atoms with Crippen LogP contribution in [0, 0.1) is 74.9 Å². The first-order valence-electron chi connectivity index (χ1n) is 10.4. The van der Waals surface area contributed by atoms with Gasteiger partial charge in [0.05, 0.1) is 0 Å². The predicted octanol–water partition coefficient (Wildman–Crippen LogP) is 4.02. The van der Waals surface area contributed by atoms with Crippen molar-refractivity contribution in [3.05, 3.63) is 45.6 Å². The highest BCUT2D eigenvalue weighted by molar-refractivity contribution is 6.09. The van der Waals surface area contributed by atoms with Gasteiger partial charge in [0.15, 0.2) is 11.6 Å². The first-order chi connectivity index (χ1) is 14.8. The largest absolute Gasteiger partial charge is 0.294 e. The summed E-state index contributed by atoms with van der Waals surface area (Å²) in [5.74, 6) is -1.89. The average molecular weight is 410 g/mol. The third kappa shape index (κ3) is 3.42. The highest BCUT2D eigenvalue weighted by Gasteiger charge is 2.55. The number of rotatable bonds is 2. The topological polar surface area (TPSA) is 129 Å². The van der Waals surface area contributed by atoms with E-state index in [0.29, 0.717) is 41.6 Å². The van der Waals surface area contributed by atoms with Crippen LogP contribution in [0.4, 0.5) is 0 Å². The minimum Gasteiger partial charge on any atom is -0.294 e. The zero-order valence-corrected chi connectivity index (χ0v) is 17.8. The molecule has 0 aromatic carbocycles. The zero-order chi connectivity index (χ0) is 22.9. The van der Waals surface area contributed by atoms with Gasteiger partial charge in [-0.25, -0.2) is 0 Å². The van der Waals surface area contributed by atoms with Crippen LogP contribution in [0.3, 0.4) is 0 Å². The van der Waals surface area contributed by atoms with Crippen molar-refractivity contribution in [1.82, 2.24) is 0 Å². The minimum absolute atomic E-state index is 0.0483. The second-order valence-corrected chi connectivity index (χ2v) is 8.50. The number of carbonyl (C=O) groups is 2. The van der Waals surface area contributed by atoms with Crippen molar-refractivity contribution in [3.63, 3.8) is 0 Å². The standard InChI is InChI=1S/C25H22N4O2/c1-4-5-16-22(14(9-26)10-27)17-7-20-18(8-19(17)24(16)30)23(15(11-28)12-29)21(25(20)31)6-13(2)3/h5-6,13,17-20H,4,7-8H2,1-3H3/b16-5+,21-6+. The number of nitriles is 4. The molecule has 4 unspecified atom stereocenters. The van der Waals surface area contributed by atoms with Crippen LogP contribution in [0.2, 0.25) is 0 Å². The van der Waals surface area contributed by atoms with Crippen LogP contribution in [0.15, 0.2) is 45.6 Å². The van der Waals surface area contributed by atoms with Crippen LogP contribution in [0.1, 0.15) is 40.0 Å². The number of hydrogen-bond acceptors (Lipinski definition) is 6. The van der Waals surface area contributed by atoms with Gasteiger partial charge in [-0.1, -0.05) is 32.9 Å². The Hall–Kier alpha value is -3.74. The highest BCUT2D eigenvalue weighted by Crippen LogP contribution is 2.57. The highest BCUT2D eigenvalue weighted by atomic mass is 16.1. The Morgan fingerprint density at radius 3 is 1.65 bits per heavy atom. The smallest absolute Gasteiger partial charge is 0.166 e. The molecule has 0 spiro atoms. The third-order valence-corrected chi connectivity index (χ3v) is 6.41. The fourth-order valence-corrected chi connectivity index (χ4v) is 5.34. The third-order valence-electron chi connectivity index (χ3n) is 6.41. The lowest BCUT2D eigenvalue weighted by Gasteiger charge is -2.33. The minimum atomic E-state index is -0.472. The van der Waals surface area contributed by atoms with E-state index < -0.39 is 11.8 Å². The summed E-state index contributed by atoms with van der Waals surface area (Å²) in [7, 11) is 0. The van der Waals surface area contributed by atoms with Gasteiger partial charge in [-0.15, -0.1) is 0 Å². The molecule has 4 atom stereocenters. The normalized spacial score (nSPS) is 29.3. The summed E-state index contributed by atoms with van der Waals surface area (Å²) in [5, 5.41) is 38.0. The molecule has 0 radical (unpaired) electrons. The number of hydrogen-bond donors (Lipinski definition) is 0. The number of allylic oxidation sites excluding steroid dienone is 8. The predicted molar refractivity (Wildman–Crippen MR) is 111 cm³/mol. The van der Waals surface area contributed by atoms with Crippen molar-refractivity contribution in [3.8, 4) is 24.3 Å². The van der Waals surface area contributed by atoms with Crippen LogP contribution in [0.5, 0.6) is 0 Å². The Morgan fingerprint density at radius 2 is 1.26 bits per heavy atom. The van der Waals surface area contributed by atoms with Gasteiger partial charge in [0.1, 0.15) is 35.4 Å². The summed E-state index contributed by atoms with van der Waals surface area (Å²) < 4.78 is 0. The average Bonchev–Trinajstić information content (AvgIpc) is 3.16. The van der Waals surface area contributed by atoms with Gasteiger partial charge in [0, 0.05) is 23.0 Å². The van der Waals surface area contributed by atoms with E-state index in [-0.39, 0.29) is 40.5 Å². The van der Waals surface area contributed by atoms with E-state index in [0.717, 1.165) is 0 Å². The van der Waals surface area contributed by atoms with Crippen LogP contribution in [-0.4, -0.2) is 11.6 Å². The summed E-state index contributed by atoms with van der Waals surface area (Å²) in [6, 6.07) is 7.70. The fourth-order valence-electron chi connectivity index (χ4n) is 5.34. The Bertz CT molecular complexity index is 1120. The SMILES string of the molecule is CC/C=C1/C(=O)C2CC3C(=C(C#N)C#N)/C(=C\C(C)C)C(=O)C3CC2C1=C(C#N)C#N. The van der Waals surface area contributed by atoms with E-state index >= 15 is 0 Å². The fraction of sp³-hybridized carbons (Fsp3) is 0.440. The molecule has 6 heteroatoms. The van der Waals surface area contributed by atoms with Gasteiger partial charge in [0.25, 0.3) is 0 Å².